The lowest BCUT2D eigenvalue weighted by molar-refractivity contribution is -0.147. The van der Waals surface area contributed by atoms with E-state index in [1.807, 2.05) is 30.3 Å². The maximum absolute atomic E-state index is 12.6. The van der Waals surface area contributed by atoms with Crippen LogP contribution in [-0.2, 0) is 16.1 Å². The fourth-order valence-corrected chi connectivity index (χ4v) is 3.12. The van der Waals surface area contributed by atoms with E-state index in [4.69, 9.17) is 14.2 Å². The van der Waals surface area contributed by atoms with Crippen LogP contribution >= 0.6 is 0 Å². The molecule has 0 saturated carbocycles. The van der Waals surface area contributed by atoms with E-state index < -0.39 is 18.4 Å². The molecular weight excluding hydrogens is 434 g/mol. The number of benzene rings is 3. The third kappa shape index (κ3) is 5.54. The molecule has 3 aromatic rings. The van der Waals surface area contributed by atoms with Crippen molar-refractivity contribution in [1.82, 2.24) is 0 Å². The number of rotatable bonds is 8. The van der Waals surface area contributed by atoms with E-state index in [2.05, 4.69) is 4.74 Å². The molecule has 0 atom stereocenters. The molecule has 0 N–H and O–H groups in total. The van der Waals surface area contributed by atoms with Gasteiger partial charge in [-0.25, -0.2) is 4.79 Å². The zero-order valence-corrected chi connectivity index (χ0v) is 17.2. The van der Waals surface area contributed by atoms with Gasteiger partial charge in [0.2, 0.25) is 5.78 Å². The molecule has 4 rings (SSSR count). The number of hydrogen-bond donors (Lipinski definition) is 0. The summed E-state index contributed by atoms with van der Waals surface area (Å²) in [6, 6.07) is 19.8. The maximum atomic E-state index is 12.6. The highest BCUT2D eigenvalue weighted by Crippen LogP contribution is 2.35. The summed E-state index contributed by atoms with van der Waals surface area (Å²) >= 11 is 0. The molecule has 1 aliphatic heterocycles. The molecule has 8 heteroatoms. The van der Waals surface area contributed by atoms with Crippen molar-refractivity contribution < 1.29 is 37.3 Å². The molecule has 0 spiro atoms. The number of carbonyl (C=O) groups excluding carboxylic acids is 2. The van der Waals surface area contributed by atoms with Crippen LogP contribution in [-0.4, -0.2) is 25.0 Å². The van der Waals surface area contributed by atoms with Crippen LogP contribution in [0.5, 0.6) is 17.2 Å². The molecule has 1 aliphatic rings. The van der Waals surface area contributed by atoms with Gasteiger partial charge in [0.05, 0.1) is 5.56 Å². The standard InChI is InChI=1S/C25H18F2O6/c26-25(27)33-20-9-5-4-8-17(20)12-22-24(29)19-11-10-18(13-21(19)32-22)30-15-23(28)31-14-16-6-2-1-3-7-16/h1-13,25H,14-15H2/b22-12-. The second-order valence-electron chi connectivity index (χ2n) is 6.95. The van der Waals surface area contributed by atoms with Crippen LogP contribution < -0.4 is 14.2 Å². The van der Waals surface area contributed by atoms with Crippen LogP contribution in [0.25, 0.3) is 6.08 Å². The summed E-state index contributed by atoms with van der Waals surface area (Å²) in [6.07, 6.45) is 1.33. The molecule has 168 valence electrons. The molecule has 1 heterocycles. The van der Waals surface area contributed by atoms with Gasteiger partial charge < -0.3 is 18.9 Å². The third-order valence-corrected chi connectivity index (χ3v) is 4.66. The molecule has 0 bridgehead atoms. The zero-order chi connectivity index (χ0) is 23.2. The van der Waals surface area contributed by atoms with E-state index in [1.54, 1.807) is 12.1 Å². The molecule has 0 amide bonds. The number of allylic oxidation sites excluding steroid dienone is 1. The van der Waals surface area contributed by atoms with Gasteiger partial charge in [-0.05, 0) is 29.8 Å². The van der Waals surface area contributed by atoms with Crippen LogP contribution in [0.2, 0.25) is 0 Å². The van der Waals surface area contributed by atoms with Crippen LogP contribution in [0, 0.1) is 0 Å². The number of halogens is 2. The maximum Gasteiger partial charge on any atom is 0.387 e. The number of hydrogen-bond acceptors (Lipinski definition) is 6. The Bertz CT molecular complexity index is 1190. The highest BCUT2D eigenvalue weighted by molar-refractivity contribution is 6.14. The van der Waals surface area contributed by atoms with E-state index in [0.29, 0.717) is 5.75 Å². The van der Waals surface area contributed by atoms with Gasteiger partial charge in [-0.1, -0.05) is 48.5 Å². The van der Waals surface area contributed by atoms with E-state index >= 15 is 0 Å². The quantitative estimate of drug-likeness (QED) is 0.353. The lowest BCUT2D eigenvalue weighted by Gasteiger charge is -2.08. The summed E-state index contributed by atoms with van der Waals surface area (Å²) in [4.78, 5) is 24.6. The lowest BCUT2D eigenvalue weighted by Crippen LogP contribution is -2.14. The fraction of sp³-hybridized carbons (Fsp3) is 0.120. The Morgan fingerprint density at radius 1 is 1.00 bits per heavy atom. The molecule has 0 radical (unpaired) electrons. The predicted molar refractivity (Wildman–Crippen MR) is 114 cm³/mol. The monoisotopic (exact) mass is 452 g/mol. The van der Waals surface area contributed by atoms with E-state index in [9.17, 15) is 18.4 Å². The summed E-state index contributed by atoms with van der Waals surface area (Å²) in [6.45, 7) is -3.18. The number of para-hydroxylation sites is 1. The normalized spacial score (nSPS) is 13.5. The number of esters is 1. The number of Topliss-reactive ketones (excluding diaryl/α,β-unsaturated/α-hetero) is 1. The van der Waals surface area contributed by atoms with Crippen molar-refractivity contribution in [2.45, 2.75) is 13.2 Å². The number of carbonyl (C=O) groups is 2. The molecule has 0 saturated heterocycles. The van der Waals surface area contributed by atoms with Gasteiger partial charge in [0.25, 0.3) is 0 Å². The minimum absolute atomic E-state index is 0.0465. The second kappa shape index (κ2) is 9.95. The topological polar surface area (TPSA) is 71.1 Å². The molecule has 0 fully saturated rings. The van der Waals surface area contributed by atoms with Gasteiger partial charge >= 0.3 is 12.6 Å². The lowest BCUT2D eigenvalue weighted by atomic mass is 10.1. The first-order valence-corrected chi connectivity index (χ1v) is 9.94. The van der Waals surface area contributed by atoms with Gasteiger partial charge in [-0.2, -0.15) is 8.78 Å². The van der Waals surface area contributed by atoms with Crippen LogP contribution in [0.1, 0.15) is 21.5 Å². The first kappa shape index (κ1) is 22.0. The molecule has 0 aliphatic carbocycles. The predicted octanol–water partition coefficient (Wildman–Crippen LogP) is 5.03. The van der Waals surface area contributed by atoms with Gasteiger partial charge in [-0.15, -0.1) is 0 Å². The van der Waals surface area contributed by atoms with Crippen LogP contribution in [0.3, 0.4) is 0 Å². The van der Waals surface area contributed by atoms with Crippen molar-refractivity contribution in [3.05, 3.63) is 95.2 Å². The average molecular weight is 452 g/mol. The van der Waals surface area contributed by atoms with Crippen LogP contribution in [0.4, 0.5) is 8.78 Å². The Morgan fingerprint density at radius 2 is 1.76 bits per heavy atom. The van der Waals surface area contributed by atoms with Gasteiger partial charge in [0.15, 0.2) is 12.4 Å². The molecule has 6 nitrogen and oxygen atoms in total. The number of ketones is 1. The van der Waals surface area contributed by atoms with E-state index in [1.165, 1.54) is 36.4 Å². The van der Waals surface area contributed by atoms with Gasteiger partial charge in [0.1, 0.15) is 23.9 Å². The summed E-state index contributed by atoms with van der Waals surface area (Å²) in [5, 5.41) is 0. The van der Waals surface area contributed by atoms with Crippen molar-refractivity contribution in [2.24, 2.45) is 0 Å². The van der Waals surface area contributed by atoms with Gasteiger partial charge in [0, 0.05) is 11.6 Å². The number of alkyl halides is 2. The summed E-state index contributed by atoms with van der Waals surface area (Å²) in [7, 11) is 0. The second-order valence-corrected chi connectivity index (χ2v) is 6.95. The van der Waals surface area contributed by atoms with Crippen molar-refractivity contribution >= 4 is 17.8 Å². The van der Waals surface area contributed by atoms with Crippen LogP contribution in [0.15, 0.2) is 78.6 Å². The summed E-state index contributed by atoms with van der Waals surface area (Å²) in [5.41, 5.74) is 1.41. The molecule has 0 aromatic heterocycles. The first-order chi connectivity index (χ1) is 16.0. The Morgan fingerprint density at radius 3 is 2.55 bits per heavy atom. The Balaban J connectivity index is 1.40. The fourth-order valence-electron chi connectivity index (χ4n) is 3.12. The van der Waals surface area contributed by atoms with Crippen molar-refractivity contribution in [3.63, 3.8) is 0 Å². The minimum atomic E-state index is -3.00. The van der Waals surface area contributed by atoms with Crippen molar-refractivity contribution in [2.75, 3.05) is 6.61 Å². The van der Waals surface area contributed by atoms with E-state index in [-0.39, 0.29) is 41.6 Å². The highest BCUT2D eigenvalue weighted by atomic mass is 19.3. The summed E-state index contributed by atoms with van der Waals surface area (Å²) in [5.74, 6) is -0.548. The SMILES string of the molecule is O=C(COc1ccc2c(c1)O/C(=C\c1ccccc1OC(F)F)C2=O)OCc1ccccc1. The minimum Gasteiger partial charge on any atom is -0.482 e. The van der Waals surface area contributed by atoms with Crippen molar-refractivity contribution in [3.8, 4) is 17.2 Å². The Kier molecular flexibility index (Phi) is 6.64. The van der Waals surface area contributed by atoms with Crippen molar-refractivity contribution in [1.29, 1.82) is 0 Å². The largest absolute Gasteiger partial charge is 0.482 e. The Labute approximate surface area is 188 Å². The molecular formula is C25H18F2O6. The zero-order valence-electron chi connectivity index (χ0n) is 17.2. The summed E-state index contributed by atoms with van der Waals surface area (Å²) < 4.78 is 45.9. The highest BCUT2D eigenvalue weighted by Gasteiger charge is 2.28. The number of fused-ring (bicyclic) bond motifs is 1. The average Bonchev–Trinajstić information content (AvgIpc) is 3.12. The first-order valence-electron chi connectivity index (χ1n) is 9.94. The van der Waals surface area contributed by atoms with Gasteiger partial charge in [-0.3, -0.25) is 4.79 Å². The molecule has 0 unspecified atom stereocenters. The third-order valence-electron chi connectivity index (χ3n) is 4.66. The molecule has 3 aromatic carbocycles. The Hall–Kier alpha value is -4.20. The number of ether oxygens (including phenoxy) is 4. The smallest absolute Gasteiger partial charge is 0.387 e. The van der Waals surface area contributed by atoms with E-state index in [0.717, 1.165) is 5.56 Å². The molecule has 33 heavy (non-hydrogen) atoms.